The molecule has 1 heterocycles. The Balaban J connectivity index is 2.06. The van der Waals surface area contributed by atoms with Crippen molar-refractivity contribution in [1.29, 1.82) is 0 Å². The van der Waals surface area contributed by atoms with E-state index in [0.717, 1.165) is 23.0 Å². The average molecular weight is 258 g/mol. The number of aliphatic carboxylic acids is 1. The minimum Gasteiger partial charge on any atom is -0.480 e. The summed E-state index contributed by atoms with van der Waals surface area (Å²) in [5, 5.41) is 13.2. The fraction of sp³-hybridized carbons (Fsp3) is 0.333. The van der Waals surface area contributed by atoms with E-state index in [0.29, 0.717) is 13.0 Å². The van der Waals surface area contributed by atoms with Gasteiger partial charge in [-0.1, -0.05) is 37.6 Å². The van der Waals surface area contributed by atoms with Crippen LogP contribution in [0, 0.1) is 0 Å². The molecule has 0 saturated heterocycles. The number of fused-ring (bicyclic) bond motifs is 1. The van der Waals surface area contributed by atoms with E-state index in [1.54, 1.807) is 0 Å². The molecular weight excluding hydrogens is 240 g/mol. The number of pyridine rings is 1. The number of aromatic nitrogens is 1. The van der Waals surface area contributed by atoms with E-state index in [4.69, 9.17) is 5.11 Å². The molecule has 2 rings (SSSR count). The molecular formula is C15H18N2O2. The first kappa shape index (κ1) is 13.5. The highest BCUT2D eigenvalue weighted by molar-refractivity contribution is 5.78. The van der Waals surface area contributed by atoms with Crippen LogP contribution in [0.25, 0.3) is 10.9 Å². The summed E-state index contributed by atoms with van der Waals surface area (Å²) in [5.41, 5.74) is 1.80. The molecule has 0 saturated carbocycles. The number of nitrogens with one attached hydrogen (secondary N) is 1. The normalized spacial score (nSPS) is 12.5. The summed E-state index contributed by atoms with van der Waals surface area (Å²) in [4.78, 5) is 15.6. The first-order valence-corrected chi connectivity index (χ1v) is 6.51. The third-order valence-electron chi connectivity index (χ3n) is 3.06. The zero-order valence-corrected chi connectivity index (χ0v) is 11.0. The zero-order valence-electron chi connectivity index (χ0n) is 11.0. The van der Waals surface area contributed by atoms with Crippen LogP contribution in [0.2, 0.25) is 0 Å². The summed E-state index contributed by atoms with van der Waals surface area (Å²) in [6.45, 7) is 2.45. The molecule has 100 valence electrons. The molecule has 0 aliphatic heterocycles. The topological polar surface area (TPSA) is 62.2 Å². The first-order valence-electron chi connectivity index (χ1n) is 6.51. The Kier molecular flexibility index (Phi) is 4.47. The third-order valence-corrected chi connectivity index (χ3v) is 3.06. The molecule has 0 fully saturated rings. The molecule has 0 amide bonds. The number of carbonyl (C=O) groups is 1. The average Bonchev–Trinajstić information content (AvgIpc) is 2.43. The van der Waals surface area contributed by atoms with Gasteiger partial charge in [-0.05, 0) is 18.6 Å². The molecule has 1 aromatic heterocycles. The molecule has 2 aromatic rings. The number of para-hydroxylation sites is 1. The van der Waals surface area contributed by atoms with E-state index in [1.807, 2.05) is 43.3 Å². The van der Waals surface area contributed by atoms with Gasteiger partial charge < -0.3 is 5.11 Å². The minimum atomic E-state index is -0.803. The van der Waals surface area contributed by atoms with Crippen molar-refractivity contribution in [3.05, 3.63) is 42.1 Å². The van der Waals surface area contributed by atoms with Crippen LogP contribution in [-0.2, 0) is 11.3 Å². The van der Waals surface area contributed by atoms with Gasteiger partial charge in [0.1, 0.15) is 6.04 Å². The molecule has 1 atom stereocenters. The van der Waals surface area contributed by atoms with Crippen molar-refractivity contribution in [2.75, 3.05) is 0 Å². The van der Waals surface area contributed by atoms with Gasteiger partial charge in [0.25, 0.3) is 0 Å². The lowest BCUT2D eigenvalue weighted by Gasteiger charge is -2.13. The van der Waals surface area contributed by atoms with E-state index in [-0.39, 0.29) is 0 Å². The van der Waals surface area contributed by atoms with Crippen LogP contribution < -0.4 is 5.32 Å². The molecule has 0 aliphatic carbocycles. The van der Waals surface area contributed by atoms with Gasteiger partial charge in [-0.15, -0.1) is 0 Å². The van der Waals surface area contributed by atoms with Crippen LogP contribution in [0.15, 0.2) is 36.4 Å². The number of hydrogen-bond donors (Lipinski definition) is 2. The molecule has 1 unspecified atom stereocenters. The van der Waals surface area contributed by atoms with Crippen LogP contribution >= 0.6 is 0 Å². The molecule has 4 heteroatoms. The third kappa shape index (κ3) is 3.51. The Labute approximate surface area is 112 Å². The number of hydrogen-bond acceptors (Lipinski definition) is 3. The lowest BCUT2D eigenvalue weighted by molar-refractivity contribution is -0.139. The number of nitrogens with zero attached hydrogens (tertiary/aromatic N) is 1. The second-order valence-electron chi connectivity index (χ2n) is 4.56. The van der Waals surface area contributed by atoms with Crippen molar-refractivity contribution in [3.8, 4) is 0 Å². The fourth-order valence-corrected chi connectivity index (χ4v) is 2.04. The number of carboxylic acid groups (broad SMARTS) is 1. The summed E-state index contributed by atoms with van der Waals surface area (Å²) in [6.07, 6.45) is 1.47. The zero-order chi connectivity index (χ0) is 13.7. The highest BCUT2D eigenvalue weighted by Gasteiger charge is 2.15. The van der Waals surface area contributed by atoms with E-state index in [9.17, 15) is 4.79 Å². The van der Waals surface area contributed by atoms with E-state index >= 15 is 0 Å². The molecule has 0 aliphatic rings. The highest BCUT2D eigenvalue weighted by atomic mass is 16.4. The monoisotopic (exact) mass is 258 g/mol. The van der Waals surface area contributed by atoms with Gasteiger partial charge in [-0.25, -0.2) is 0 Å². The van der Waals surface area contributed by atoms with Crippen LogP contribution in [-0.4, -0.2) is 22.1 Å². The quantitative estimate of drug-likeness (QED) is 0.836. The highest BCUT2D eigenvalue weighted by Crippen LogP contribution is 2.11. The van der Waals surface area contributed by atoms with Crippen LogP contribution in [0.1, 0.15) is 25.5 Å². The maximum absolute atomic E-state index is 11.0. The Morgan fingerprint density at radius 1 is 1.32 bits per heavy atom. The van der Waals surface area contributed by atoms with Gasteiger partial charge in [0.05, 0.1) is 11.2 Å². The predicted molar refractivity (Wildman–Crippen MR) is 74.9 cm³/mol. The number of rotatable bonds is 6. The first-order chi connectivity index (χ1) is 9.20. The van der Waals surface area contributed by atoms with Gasteiger partial charge in [-0.2, -0.15) is 0 Å². The largest absolute Gasteiger partial charge is 0.480 e. The molecule has 4 nitrogen and oxygen atoms in total. The molecule has 2 N–H and O–H groups in total. The predicted octanol–water partition coefficient (Wildman–Crippen LogP) is 2.58. The van der Waals surface area contributed by atoms with E-state index in [1.165, 1.54) is 0 Å². The molecule has 1 aromatic carbocycles. The van der Waals surface area contributed by atoms with Crippen molar-refractivity contribution >= 4 is 16.9 Å². The number of carboxylic acids is 1. The van der Waals surface area contributed by atoms with Crippen molar-refractivity contribution in [2.45, 2.75) is 32.4 Å². The maximum atomic E-state index is 11.0. The number of benzene rings is 1. The van der Waals surface area contributed by atoms with Gasteiger partial charge in [0.15, 0.2) is 0 Å². The summed E-state index contributed by atoms with van der Waals surface area (Å²) in [7, 11) is 0. The Morgan fingerprint density at radius 3 is 2.84 bits per heavy atom. The Morgan fingerprint density at radius 2 is 2.11 bits per heavy atom. The lowest BCUT2D eigenvalue weighted by Crippen LogP contribution is -2.36. The minimum absolute atomic E-state index is 0.474. The fourth-order valence-electron chi connectivity index (χ4n) is 2.04. The van der Waals surface area contributed by atoms with Gasteiger partial charge in [0, 0.05) is 11.9 Å². The van der Waals surface area contributed by atoms with E-state index in [2.05, 4.69) is 10.3 Å². The molecule has 0 radical (unpaired) electrons. The second kappa shape index (κ2) is 6.29. The molecule has 19 heavy (non-hydrogen) atoms. The van der Waals surface area contributed by atoms with Gasteiger partial charge >= 0.3 is 5.97 Å². The molecule has 0 spiro atoms. The van der Waals surface area contributed by atoms with Crippen LogP contribution in [0.3, 0.4) is 0 Å². The van der Waals surface area contributed by atoms with Crippen molar-refractivity contribution in [1.82, 2.24) is 10.3 Å². The smallest absolute Gasteiger partial charge is 0.320 e. The summed E-state index contributed by atoms with van der Waals surface area (Å²) >= 11 is 0. The molecule has 0 bridgehead atoms. The van der Waals surface area contributed by atoms with Crippen molar-refractivity contribution in [2.24, 2.45) is 0 Å². The van der Waals surface area contributed by atoms with Crippen LogP contribution in [0.4, 0.5) is 0 Å². The summed E-state index contributed by atoms with van der Waals surface area (Å²) in [5.74, 6) is -0.803. The van der Waals surface area contributed by atoms with Crippen LogP contribution in [0.5, 0.6) is 0 Å². The standard InChI is InChI=1S/C15H18N2O2/c1-2-5-14(15(18)19)16-10-12-9-8-11-6-3-4-7-13(11)17-12/h3-4,6-9,14,16H,2,5,10H2,1H3,(H,18,19). The second-order valence-corrected chi connectivity index (χ2v) is 4.56. The Bertz CT molecular complexity index is 569. The lowest BCUT2D eigenvalue weighted by atomic mass is 10.1. The maximum Gasteiger partial charge on any atom is 0.320 e. The van der Waals surface area contributed by atoms with Gasteiger partial charge in [-0.3, -0.25) is 15.1 Å². The Hall–Kier alpha value is -1.94. The summed E-state index contributed by atoms with van der Waals surface area (Å²) in [6, 6.07) is 11.3. The summed E-state index contributed by atoms with van der Waals surface area (Å²) < 4.78 is 0. The SMILES string of the molecule is CCCC(NCc1ccc2ccccc2n1)C(=O)O. The van der Waals surface area contributed by atoms with E-state index < -0.39 is 12.0 Å². The van der Waals surface area contributed by atoms with Crippen molar-refractivity contribution < 1.29 is 9.90 Å². The van der Waals surface area contributed by atoms with Crippen molar-refractivity contribution in [3.63, 3.8) is 0 Å². The van der Waals surface area contributed by atoms with Gasteiger partial charge in [0.2, 0.25) is 0 Å².